The highest BCUT2D eigenvalue weighted by molar-refractivity contribution is 7.92. The number of hydrogen-bond donors (Lipinski definition) is 1. The van der Waals surface area contributed by atoms with Crippen LogP contribution in [0.4, 0.5) is 20.2 Å². The van der Waals surface area contributed by atoms with E-state index in [2.05, 4.69) is 15.0 Å². The molecule has 10 heteroatoms. The number of sulfonamides is 1. The predicted octanol–water partition coefficient (Wildman–Crippen LogP) is 2.53. The van der Waals surface area contributed by atoms with Crippen molar-refractivity contribution in [2.75, 3.05) is 49.5 Å². The van der Waals surface area contributed by atoms with Crippen LogP contribution in [-0.4, -0.2) is 55.4 Å². The molecule has 3 rings (SSSR count). The zero-order chi connectivity index (χ0) is 21.0. The van der Waals surface area contributed by atoms with Gasteiger partial charge in [0, 0.05) is 39.3 Å². The van der Waals surface area contributed by atoms with Crippen molar-refractivity contribution >= 4 is 21.4 Å². The molecule has 0 spiro atoms. The fourth-order valence-corrected chi connectivity index (χ4v) is 4.34. The summed E-state index contributed by atoms with van der Waals surface area (Å²) < 4.78 is 62.1. The van der Waals surface area contributed by atoms with Crippen molar-refractivity contribution in [3.05, 3.63) is 42.5 Å². The minimum absolute atomic E-state index is 0.0783. The van der Waals surface area contributed by atoms with Crippen molar-refractivity contribution in [3.63, 3.8) is 0 Å². The molecule has 0 unspecified atom stereocenters. The molecule has 0 bridgehead atoms. The number of hydrogen-bond acceptors (Lipinski definition) is 6. The molecule has 0 aromatic heterocycles. The minimum Gasteiger partial charge on any atom is -0.495 e. The van der Waals surface area contributed by atoms with E-state index in [-0.39, 0.29) is 16.3 Å². The van der Waals surface area contributed by atoms with E-state index in [0.29, 0.717) is 11.4 Å². The molecule has 1 saturated heterocycles. The largest absolute Gasteiger partial charge is 0.495 e. The van der Waals surface area contributed by atoms with Gasteiger partial charge in [-0.15, -0.1) is 0 Å². The Labute approximate surface area is 168 Å². The average molecular weight is 427 g/mol. The van der Waals surface area contributed by atoms with E-state index in [4.69, 9.17) is 4.74 Å². The van der Waals surface area contributed by atoms with Crippen molar-refractivity contribution in [2.24, 2.45) is 0 Å². The quantitative estimate of drug-likeness (QED) is 0.732. The summed E-state index contributed by atoms with van der Waals surface area (Å²) in [5.74, 6) is 0.469. The zero-order valence-corrected chi connectivity index (χ0v) is 17.0. The molecule has 0 saturated carbocycles. The lowest BCUT2D eigenvalue weighted by Gasteiger charge is -2.31. The van der Waals surface area contributed by atoms with Crippen LogP contribution in [-0.2, 0) is 10.0 Å². The van der Waals surface area contributed by atoms with Gasteiger partial charge < -0.3 is 19.7 Å². The minimum atomic E-state index is -3.93. The average Bonchev–Trinajstić information content (AvgIpc) is 2.73. The van der Waals surface area contributed by atoms with E-state index in [1.807, 2.05) is 0 Å². The number of nitrogens with zero attached hydrogens (tertiary/aromatic N) is 2. The van der Waals surface area contributed by atoms with Gasteiger partial charge in [-0.1, -0.05) is 6.07 Å². The second-order valence-corrected chi connectivity index (χ2v) is 8.39. The summed E-state index contributed by atoms with van der Waals surface area (Å²) in [5, 5.41) is 3.25. The fourth-order valence-electron chi connectivity index (χ4n) is 3.14. The molecule has 2 aromatic carbocycles. The van der Waals surface area contributed by atoms with Crippen LogP contribution in [0.1, 0.15) is 0 Å². The highest BCUT2D eigenvalue weighted by Crippen LogP contribution is 2.33. The van der Waals surface area contributed by atoms with Gasteiger partial charge in [0.1, 0.15) is 11.5 Å². The van der Waals surface area contributed by atoms with E-state index in [0.717, 1.165) is 30.5 Å². The summed E-state index contributed by atoms with van der Waals surface area (Å²) in [4.78, 5) is 2.14. The maximum absolute atomic E-state index is 13.2. The Kier molecular flexibility index (Phi) is 6.43. The first-order valence-electron chi connectivity index (χ1n) is 9.00. The molecule has 1 fully saturated rings. The molecule has 1 heterocycles. The van der Waals surface area contributed by atoms with Gasteiger partial charge in [-0.2, -0.15) is 8.78 Å². The van der Waals surface area contributed by atoms with Gasteiger partial charge in [0.05, 0.1) is 23.4 Å². The molecule has 0 radical (unpaired) electrons. The van der Waals surface area contributed by atoms with Gasteiger partial charge >= 0.3 is 6.61 Å². The lowest BCUT2D eigenvalue weighted by Crippen LogP contribution is -2.43. The Bertz CT molecular complexity index is 950. The Balaban J connectivity index is 1.94. The Morgan fingerprint density at radius 2 is 1.86 bits per heavy atom. The van der Waals surface area contributed by atoms with Crippen LogP contribution in [0.2, 0.25) is 0 Å². The summed E-state index contributed by atoms with van der Waals surface area (Å²) in [7, 11) is -1.03. The lowest BCUT2D eigenvalue weighted by molar-refractivity contribution is -0.0498. The number of rotatable bonds is 7. The first-order chi connectivity index (χ1) is 13.8. The summed E-state index contributed by atoms with van der Waals surface area (Å²) in [6.45, 7) is 0.0367. The van der Waals surface area contributed by atoms with E-state index < -0.39 is 16.6 Å². The normalized spacial score (nSPS) is 14.7. The first-order valence-corrected chi connectivity index (χ1v) is 10.4. The van der Waals surface area contributed by atoms with E-state index in [1.165, 1.54) is 44.5 Å². The molecular weight excluding hydrogens is 404 g/mol. The molecule has 0 atom stereocenters. The maximum Gasteiger partial charge on any atom is 0.387 e. The van der Waals surface area contributed by atoms with Crippen LogP contribution in [0.25, 0.3) is 0 Å². The third-order valence-corrected chi connectivity index (χ3v) is 6.45. The highest BCUT2D eigenvalue weighted by Gasteiger charge is 2.25. The molecule has 1 aliphatic rings. The Morgan fingerprint density at radius 1 is 1.14 bits per heavy atom. The van der Waals surface area contributed by atoms with Crippen LogP contribution in [0, 0.1) is 0 Å². The number of methoxy groups -OCH3 is 1. The van der Waals surface area contributed by atoms with Crippen molar-refractivity contribution in [1.82, 2.24) is 5.32 Å². The molecule has 1 aliphatic heterocycles. The van der Waals surface area contributed by atoms with Gasteiger partial charge in [0.15, 0.2) is 0 Å². The highest BCUT2D eigenvalue weighted by atomic mass is 32.2. The molecule has 158 valence electrons. The Hall–Kier alpha value is -2.59. The second kappa shape index (κ2) is 8.83. The third-order valence-electron chi connectivity index (χ3n) is 4.67. The number of ether oxygens (including phenoxy) is 2. The van der Waals surface area contributed by atoms with Crippen LogP contribution in [0.15, 0.2) is 47.4 Å². The summed E-state index contributed by atoms with van der Waals surface area (Å²) in [5.41, 5.74) is 0.904. The molecule has 0 aliphatic carbocycles. The third kappa shape index (κ3) is 4.70. The number of benzene rings is 2. The molecule has 29 heavy (non-hydrogen) atoms. The molecular formula is C19H23F2N3O4S. The first kappa shape index (κ1) is 21.1. The van der Waals surface area contributed by atoms with Crippen LogP contribution in [0.5, 0.6) is 11.5 Å². The SMILES string of the molecule is COc1ccc(S(=O)(=O)N(C)c2cccc(OC(F)F)c2)cc1N1CCNCC1. The number of anilines is 2. The van der Waals surface area contributed by atoms with Crippen LogP contribution >= 0.6 is 0 Å². The summed E-state index contributed by atoms with van der Waals surface area (Å²) in [6, 6.07) is 10.2. The lowest BCUT2D eigenvalue weighted by atomic mass is 10.2. The topological polar surface area (TPSA) is 71.1 Å². The fraction of sp³-hybridized carbons (Fsp3) is 0.368. The maximum atomic E-state index is 13.2. The number of piperazine rings is 1. The van der Waals surface area contributed by atoms with Crippen LogP contribution < -0.4 is 24.0 Å². The van der Waals surface area contributed by atoms with Gasteiger partial charge in [0.2, 0.25) is 0 Å². The van der Waals surface area contributed by atoms with Gasteiger partial charge in [-0.25, -0.2) is 8.42 Å². The molecule has 2 aromatic rings. The number of nitrogens with one attached hydrogen (secondary N) is 1. The van der Waals surface area contributed by atoms with Crippen LogP contribution in [0.3, 0.4) is 0 Å². The van der Waals surface area contributed by atoms with E-state index >= 15 is 0 Å². The van der Waals surface area contributed by atoms with E-state index in [1.54, 1.807) is 12.1 Å². The van der Waals surface area contributed by atoms with Crippen molar-refractivity contribution in [3.8, 4) is 11.5 Å². The van der Waals surface area contributed by atoms with Gasteiger partial charge in [-0.3, -0.25) is 4.31 Å². The number of alkyl halides is 2. The number of halogens is 2. The predicted molar refractivity (Wildman–Crippen MR) is 107 cm³/mol. The monoisotopic (exact) mass is 427 g/mol. The van der Waals surface area contributed by atoms with Crippen molar-refractivity contribution in [1.29, 1.82) is 0 Å². The van der Waals surface area contributed by atoms with Gasteiger partial charge in [-0.05, 0) is 30.3 Å². The summed E-state index contributed by atoms with van der Waals surface area (Å²) in [6.07, 6.45) is 0. The smallest absolute Gasteiger partial charge is 0.387 e. The summed E-state index contributed by atoms with van der Waals surface area (Å²) >= 11 is 0. The van der Waals surface area contributed by atoms with Crippen molar-refractivity contribution < 1.29 is 26.7 Å². The molecule has 0 amide bonds. The standard InChI is InChI=1S/C19H23F2N3O4S/c1-23(14-4-3-5-15(12-14)28-19(20)21)29(25,26)16-6-7-18(27-2)17(13-16)24-10-8-22-9-11-24/h3-7,12-13,19,22H,8-11H2,1-2H3. The van der Waals surface area contributed by atoms with Gasteiger partial charge in [0.25, 0.3) is 10.0 Å². The van der Waals surface area contributed by atoms with Crippen molar-refractivity contribution in [2.45, 2.75) is 11.5 Å². The molecule has 1 N–H and O–H groups in total. The Morgan fingerprint density at radius 3 is 2.52 bits per heavy atom. The van der Waals surface area contributed by atoms with E-state index in [9.17, 15) is 17.2 Å². The second-order valence-electron chi connectivity index (χ2n) is 6.42. The zero-order valence-electron chi connectivity index (χ0n) is 16.1. The molecule has 7 nitrogen and oxygen atoms in total.